The first-order chi connectivity index (χ1) is 7.41. The number of rotatable bonds is 4. The summed E-state index contributed by atoms with van der Waals surface area (Å²) in [7, 11) is 0. The average Bonchev–Trinajstić information content (AvgIpc) is 2.18. The third kappa shape index (κ3) is 3.34. The molecule has 0 aliphatic rings. The third-order valence-electron chi connectivity index (χ3n) is 2.87. The van der Waals surface area contributed by atoms with Crippen LogP contribution in [-0.2, 0) is 11.2 Å². The van der Waals surface area contributed by atoms with E-state index < -0.39 is 5.97 Å². The van der Waals surface area contributed by atoms with Crippen LogP contribution in [-0.4, -0.2) is 11.1 Å². The maximum atomic E-state index is 11.1. The van der Waals surface area contributed by atoms with Gasteiger partial charge in [0.05, 0.1) is 5.92 Å². The molecule has 2 nitrogen and oxygen atoms in total. The highest BCUT2D eigenvalue weighted by atomic mass is 79.9. The largest absolute Gasteiger partial charge is 0.481 e. The van der Waals surface area contributed by atoms with Gasteiger partial charge in [-0.25, -0.2) is 0 Å². The van der Waals surface area contributed by atoms with Gasteiger partial charge in [-0.3, -0.25) is 4.79 Å². The number of hydrogen-bond acceptors (Lipinski definition) is 1. The molecule has 0 aliphatic heterocycles. The molecule has 88 valence electrons. The van der Waals surface area contributed by atoms with Gasteiger partial charge in [-0.05, 0) is 42.5 Å². The van der Waals surface area contributed by atoms with Crippen LogP contribution in [0, 0.1) is 18.8 Å². The molecule has 0 spiro atoms. The van der Waals surface area contributed by atoms with Crippen molar-refractivity contribution in [3.8, 4) is 0 Å². The van der Waals surface area contributed by atoms with Gasteiger partial charge in [-0.1, -0.05) is 35.8 Å². The van der Waals surface area contributed by atoms with Crippen molar-refractivity contribution in [1.29, 1.82) is 0 Å². The summed E-state index contributed by atoms with van der Waals surface area (Å²) < 4.78 is 1.00. The predicted molar refractivity (Wildman–Crippen MR) is 68.5 cm³/mol. The Labute approximate surface area is 105 Å². The van der Waals surface area contributed by atoms with Crippen molar-refractivity contribution in [2.24, 2.45) is 11.8 Å². The highest BCUT2D eigenvalue weighted by Gasteiger charge is 2.22. The molecule has 0 saturated heterocycles. The highest BCUT2D eigenvalue weighted by Crippen LogP contribution is 2.22. The quantitative estimate of drug-likeness (QED) is 0.916. The van der Waals surface area contributed by atoms with E-state index in [1.54, 1.807) is 0 Å². The first kappa shape index (κ1) is 13.2. The van der Waals surface area contributed by atoms with Gasteiger partial charge in [0.15, 0.2) is 0 Å². The Bertz CT molecular complexity index is 386. The van der Waals surface area contributed by atoms with E-state index in [2.05, 4.69) is 15.9 Å². The monoisotopic (exact) mass is 284 g/mol. The molecule has 0 aromatic heterocycles. The summed E-state index contributed by atoms with van der Waals surface area (Å²) in [4.78, 5) is 11.1. The van der Waals surface area contributed by atoms with Crippen molar-refractivity contribution < 1.29 is 9.90 Å². The van der Waals surface area contributed by atoms with Gasteiger partial charge in [0.1, 0.15) is 0 Å². The number of carbonyl (C=O) groups is 1. The van der Waals surface area contributed by atoms with Crippen molar-refractivity contribution in [2.45, 2.75) is 27.2 Å². The fourth-order valence-electron chi connectivity index (χ4n) is 1.71. The summed E-state index contributed by atoms with van der Waals surface area (Å²) in [6.45, 7) is 5.92. The standard InChI is InChI=1S/C13H17BrO2/c1-8(2)12(13(15)16)7-10-6-11(14)5-4-9(10)3/h4-6,8,12H,7H2,1-3H3,(H,15,16). The fourth-order valence-corrected chi connectivity index (χ4v) is 2.11. The second-order valence-electron chi connectivity index (χ2n) is 4.46. The van der Waals surface area contributed by atoms with Crippen LogP contribution in [0.2, 0.25) is 0 Å². The van der Waals surface area contributed by atoms with Crippen LogP contribution in [0.25, 0.3) is 0 Å². The van der Waals surface area contributed by atoms with Crippen LogP contribution >= 0.6 is 15.9 Å². The van der Waals surface area contributed by atoms with Crippen LogP contribution in [0.1, 0.15) is 25.0 Å². The van der Waals surface area contributed by atoms with E-state index in [1.165, 1.54) is 0 Å². The summed E-state index contributed by atoms with van der Waals surface area (Å²) in [5, 5.41) is 9.15. The molecule has 16 heavy (non-hydrogen) atoms. The maximum Gasteiger partial charge on any atom is 0.307 e. The van der Waals surface area contributed by atoms with E-state index in [0.717, 1.165) is 15.6 Å². The van der Waals surface area contributed by atoms with Gasteiger partial charge in [0.2, 0.25) is 0 Å². The minimum atomic E-state index is -0.714. The van der Waals surface area contributed by atoms with Crippen LogP contribution in [0.15, 0.2) is 22.7 Å². The zero-order chi connectivity index (χ0) is 12.3. The molecule has 0 heterocycles. The third-order valence-corrected chi connectivity index (χ3v) is 3.37. The number of aliphatic carboxylic acids is 1. The Balaban J connectivity index is 2.93. The second-order valence-corrected chi connectivity index (χ2v) is 5.38. The van der Waals surface area contributed by atoms with E-state index in [4.69, 9.17) is 5.11 Å². The number of carboxylic acids is 1. The van der Waals surface area contributed by atoms with Gasteiger partial charge >= 0.3 is 5.97 Å². The summed E-state index contributed by atoms with van der Waals surface area (Å²) in [6, 6.07) is 6.00. The second kappa shape index (κ2) is 5.48. The molecule has 1 rings (SSSR count). The fraction of sp³-hybridized carbons (Fsp3) is 0.462. The van der Waals surface area contributed by atoms with Gasteiger partial charge in [0, 0.05) is 4.47 Å². The summed E-state index contributed by atoms with van der Waals surface area (Å²) >= 11 is 3.41. The molecule has 0 aliphatic carbocycles. The molecular weight excluding hydrogens is 268 g/mol. The number of carboxylic acid groups (broad SMARTS) is 1. The molecule has 0 saturated carbocycles. The lowest BCUT2D eigenvalue weighted by Gasteiger charge is -2.17. The van der Waals surface area contributed by atoms with Crippen LogP contribution < -0.4 is 0 Å². The molecule has 1 aromatic carbocycles. The Morgan fingerprint density at radius 3 is 2.56 bits per heavy atom. The Morgan fingerprint density at radius 2 is 2.06 bits per heavy atom. The molecule has 3 heteroatoms. The minimum absolute atomic E-state index is 0.149. The van der Waals surface area contributed by atoms with Crippen molar-refractivity contribution in [2.75, 3.05) is 0 Å². The Hall–Kier alpha value is -0.830. The number of benzene rings is 1. The molecule has 1 aromatic rings. The Kier molecular flexibility index (Phi) is 4.54. The van der Waals surface area contributed by atoms with E-state index in [0.29, 0.717) is 6.42 Å². The van der Waals surface area contributed by atoms with Crippen LogP contribution in [0.4, 0.5) is 0 Å². The smallest absolute Gasteiger partial charge is 0.307 e. The first-order valence-corrected chi connectivity index (χ1v) is 6.19. The van der Waals surface area contributed by atoms with Crippen LogP contribution in [0.3, 0.4) is 0 Å². The molecule has 1 atom stereocenters. The van der Waals surface area contributed by atoms with Crippen molar-refractivity contribution >= 4 is 21.9 Å². The lowest BCUT2D eigenvalue weighted by Crippen LogP contribution is -2.22. The normalized spacial score (nSPS) is 12.8. The van der Waals surface area contributed by atoms with E-state index in [9.17, 15) is 4.79 Å². The zero-order valence-corrected chi connectivity index (χ0v) is 11.4. The van der Waals surface area contributed by atoms with E-state index in [1.807, 2.05) is 39.0 Å². The zero-order valence-electron chi connectivity index (χ0n) is 9.83. The van der Waals surface area contributed by atoms with Crippen LogP contribution in [0.5, 0.6) is 0 Å². The molecular formula is C13H17BrO2. The van der Waals surface area contributed by atoms with Gasteiger partial charge in [0.25, 0.3) is 0 Å². The number of aryl methyl sites for hydroxylation is 1. The van der Waals surface area contributed by atoms with E-state index in [-0.39, 0.29) is 11.8 Å². The van der Waals surface area contributed by atoms with Crippen molar-refractivity contribution in [3.05, 3.63) is 33.8 Å². The first-order valence-electron chi connectivity index (χ1n) is 5.39. The van der Waals surface area contributed by atoms with Gasteiger partial charge in [-0.2, -0.15) is 0 Å². The number of hydrogen-bond donors (Lipinski definition) is 1. The molecule has 1 N–H and O–H groups in total. The molecule has 1 unspecified atom stereocenters. The highest BCUT2D eigenvalue weighted by molar-refractivity contribution is 9.10. The molecule has 0 amide bonds. The lowest BCUT2D eigenvalue weighted by atomic mass is 9.88. The predicted octanol–water partition coefficient (Wildman–Crippen LogP) is 3.66. The summed E-state index contributed by atoms with van der Waals surface area (Å²) in [6.07, 6.45) is 0.596. The molecule has 0 fully saturated rings. The maximum absolute atomic E-state index is 11.1. The van der Waals surface area contributed by atoms with Gasteiger partial charge in [-0.15, -0.1) is 0 Å². The summed E-state index contributed by atoms with van der Waals surface area (Å²) in [5.41, 5.74) is 2.26. The summed E-state index contributed by atoms with van der Waals surface area (Å²) in [5.74, 6) is -0.877. The van der Waals surface area contributed by atoms with Crippen molar-refractivity contribution in [3.63, 3.8) is 0 Å². The lowest BCUT2D eigenvalue weighted by molar-refractivity contribution is -0.143. The average molecular weight is 285 g/mol. The number of halogens is 1. The van der Waals surface area contributed by atoms with E-state index >= 15 is 0 Å². The van der Waals surface area contributed by atoms with Gasteiger partial charge < -0.3 is 5.11 Å². The molecule has 0 radical (unpaired) electrons. The Morgan fingerprint density at radius 1 is 1.44 bits per heavy atom. The molecule has 0 bridgehead atoms. The minimum Gasteiger partial charge on any atom is -0.481 e. The van der Waals surface area contributed by atoms with Crippen molar-refractivity contribution in [1.82, 2.24) is 0 Å². The topological polar surface area (TPSA) is 37.3 Å². The SMILES string of the molecule is Cc1ccc(Br)cc1CC(C(=O)O)C(C)C.